The van der Waals surface area contributed by atoms with Crippen molar-refractivity contribution in [2.75, 3.05) is 0 Å². The van der Waals surface area contributed by atoms with Gasteiger partial charge in [-0.05, 0) is 65.0 Å². The van der Waals surface area contributed by atoms with Crippen molar-refractivity contribution < 1.29 is 0 Å². The van der Waals surface area contributed by atoms with Gasteiger partial charge in [0.2, 0.25) is 0 Å². The molecular formula is C37H24BN3. The van der Waals surface area contributed by atoms with Gasteiger partial charge in [-0.15, -0.1) is 0 Å². The molecule has 4 heteroatoms. The third kappa shape index (κ3) is 2.50. The quantitative estimate of drug-likeness (QED) is 0.205. The van der Waals surface area contributed by atoms with E-state index in [9.17, 15) is 0 Å². The van der Waals surface area contributed by atoms with Gasteiger partial charge in [-0.1, -0.05) is 91.0 Å². The first-order chi connectivity index (χ1) is 20.2. The summed E-state index contributed by atoms with van der Waals surface area (Å²) >= 11 is 0. The molecule has 2 aliphatic heterocycles. The minimum atomic E-state index is 0.0226. The first kappa shape index (κ1) is 21.7. The summed E-state index contributed by atoms with van der Waals surface area (Å²) < 4.78 is 5.09. The molecule has 0 unspecified atom stereocenters. The van der Waals surface area contributed by atoms with E-state index in [0.29, 0.717) is 0 Å². The number of para-hydroxylation sites is 2. The second kappa shape index (κ2) is 7.35. The third-order valence-electron chi connectivity index (χ3n) is 9.55. The number of hydrogen-bond donors (Lipinski definition) is 0. The molecule has 0 spiro atoms. The minimum Gasteiger partial charge on any atom is -0.359 e. The Morgan fingerprint density at radius 3 is 2.24 bits per heavy atom. The zero-order chi connectivity index (χ0) is 27.0. The molecule has 190 valence electrons. The molecule has 0 saturated heterocycles. The van der Waals surface area contributed by atoms with Crippen molar-refractivity contribution in [3.63, 3.8) is 0 Å². The van der Waals surface area contributed by atoms with E-state index in [1.165, 1.54) is 82.5 Å². The van der Waals surface area contributed by atoms with Gasteiger partial charge in [0.25, 0.3) is 0 Å². The molecule has 0 aliphatic carbocycles. The molecule has 4 heterocycles. The van der Waals surface area contributed by atoms with Gasteiger partial charge in [0.1, 0.15) is 5.82 Å². The molecule has 0 atom stereocenters. The van der Waals surface area contributed by atoms with Crippen LogP contribution in [-0.2, 0) is 0 Å². The summed E-state index contributed by atoms with van der Waals surface area (Å²) in [6.07, 6.45) is 0. The van der Waals surface area contributed by atoms with Gasteiger partial charge in [0.15, 0.2) is 0 Å². The topological polar surface area (TPSA) is 22.8 Å². The molecule has 0 radical (unpaired) electrons. The minimum absolute atomic E-state index is 0.0226. The predicted molar refractivity (Wildman–Crippen MR) is 172 cm³/mol. The van der Waals surface area contributed by atoms with E-state index >= 15 is 0 Å². The van der Waals surface area contributed by atoms with Crippen LogP contribution in [0, 0.1) is 13.8 Å². The summed E-state index contributed by atoms with van der Waals surface area (Å²) in [7, 11) is 0. The molecule has 0 N–H and O–H groups in total. The van der Waals surface area contributed by atoms with Crippen molar-refractivity contribution in [3.8, 4) is 28.2 Å². The van der Waals surface area contributed by atoms with Crippen molar-refractivity contribution in [2.24, 2.45) is 0 Å². The molecule has 6 aromatic carbocycles. The second-order valence-corrected chi connectivity index (χ2v) is 11.7. The summed E-state index contributed by atoms with van der Waals surface area (Å²) in [4.78, 5) is 5.56. The Morgan fingerprint density at radius 1 is 0.634 bits per heavy atom. The lowest BCUT2D eigenvalue weighted by atomic mass is 9.45. The molecule has 0 fully saturated rings. The predicted octanol–water partition coefficient (Wildman–Crippen LogP) is 7.52. The number of nitrogens with zero attached hydrogens (tertiary/aromatic N) is 3. The average Bonchev–Trinajstić information content (AvgIpc) is 3.55. The fraction of sp³-hybridized carbons (Fsp3) is 0.0541. The number of rotatable bonds is 1. The molecule has 3 nitrogen and oxygen atoms in total. The van der Waals surface area contributed by atoms with Gasteiger partial charge in [0.05, 0.1) is 22.1 Å². The van der Waals surface area contributed by atoms with E-state index in [-0.39, 0.29) is 6.85 Å². The third-order valence-corrected chi connectivity index (χ3v) is 9.55. The van der Waals surface area contributed by atoms with Gasteiger partial charge < -0.3 is 9.05 Å². The van der Waals surface area contributed by atoms with Crippen LogP contribution in [0.2, 0.25) is 0 Å². The summed E-state index contributed by atoms with van der Waals surface area (Å²) in [5.74, 6) is 1.06. The maximum atomic E-state index is 5.56. The lowest BCUT2D eigenvalue weighted by Gasteiger charge is -2.34. The van der Waals surface area contributed by atoms with Gasteiger partial charge >= 0.3 is 6.85 Å². The fourth-order valence-electron chi connectivity index (χ4n) is 7.95. The van der Waals surface area contributed by atoms with E-state index in [4.69, 9.17) is 4.98 Å². The van der Waals surface area contributed by atoms with Crippen LogP contribution < -0.4 is 10.9 Å². The number of benzene rings is 6. The van der Waals surface area contributed by atoms with E-state index in [0.717, 1.165) is 11.3 Å². The number of imidazole rings is 1. The fourth-order valence-corrected chi connectivity index (χ4v) is 7.95. The van der Waals surface area contributed by atoms with Crippen LogP contribution in [0.5, 0.6) is 0 Å². The summed E-state index contributed by atoms with van der Waals surface area (Å²) in [5.41, 5.74) is 15.2. The largest absolute Gasteiger partial charge is 0.359 e. The SMILES string of the molecule is Cc1cccc(C)c1-c1nc2c3ccccc3cc3c2n1B1c2c-3cccc2-n2c3ccccc3c3cccc1c32. The Labute approximate surface area is 237 Å². The summed E-state index contributed by atoms with van der Waals surface area (Å²) in [6, 6.07) is 40.3. The van der Waals surface area contributed by atoms with Crippen molar-refractivity contribution in [3.05, 3.63) is 120 Å². The van der Waals surface area contributed by atoms with Crippen LogP contribution in [0.1, 0.15) is 11.1 Å². The standard InChI is InChI=1S/C37H24BN3/c1-21-10-7-11-22(2)32(21)37-39-34-24-13-4-3-12-23(24)20-28-26-15-9-19-31-33(26)38(41(37)36(28)34)29-17-8-16-27-25-14-5-6-18-30(25)40(31)35(27)29/h3-20H,1-2H3. The monoisotopic (exact) mass is 521 g/mol. The number of aryl methyl sites for hydroxylation is 2. The zero-order valence-corrected chi connectivity index (χ0v) is 22.8. The van der Waals surface area contributed by atoms with Gasteiger partial charge in [-0.2, -0.15) is 0 Å². The lowest BCUT2D eigenvalue weighted by molar-refractivity contribution is 1.15. The van der Waals surface area contributed by atoms with Crippen LogP contribution in [-0.4, -0.2) is 20.9 Å². The Balaban J connectivity index is 1.48. The Morgan fingerprint density at radius 2 is 1.37 bits per heavy atom. The first-order valence-electron chi connectivity index (χ1n) is 14.4. The molecule has 0 amide bonds. The summed E-state index contributed by atoms with van der Waals surface area (Å²) in [6.45, 7) is 4.46. The molecule has 2 aliphatic rings. The van der Waals surface area contributed by atoms with E-state index in [1.54, 1.807) is 0 Å². The first-order valence-corrected chi connectivity index (χ1v) is 14.4. The Bertz CT molecular complexity index is 2440. The Kier molecular flexibility index (Phi) is 3.89. The van der Waals surface area contributed by atoms with Crippen molar-refractivity contribution >= 4 is 61.4 Å². The number of aromatic nitrogens is 3. The van der Waals surface area contributed by atoms with Crippen LogP contribution in [0.15, 0.2) is 109 Å². The van der Waals surface area contributed by atoms with Crippen LogP contribution in [0.25, 0.3) is 71.8 Å². The van der Waals surface area contributed by atoms with Crippen LogP contribution in [0.4, 0.5) is 0 Å². The number of fused-ring (bicyclic) bond motifs is 9. The van der Waals surface area contributed by atoms with Crippen molar-refractivity contribution in [1.82, 2.24) is 14.0 Å². The van der Waals surface area contributed by atoms with E-state index < -0.39 is 0 Å². The molecule has 0 bridgehead atoms. The van der Waals surface area contributed by atoms with Crippen LogP contribution in [0.3, 0.4) is 0 Å². The smallest absolute Gasteiger partial charge is 0.334 e. The molecule has 10 rings (SSSR count). The molecule has 2 aromatic heterocycles. The normalized spacial score (nSPS) is 13.1. The summed E-state index contributed by atoms with van der Waals surface area (Å²) in [5, 5.41) is 5.05. The van der Waals surface area contributed by atoms with Gasteiger partial charge in [-0.25, -0.2) is 4.98 Å². The molecule has 0 saturated carbocycles. The zero-order valence-electron chi connectivity index (χ0n) is 22.8. The van der Waals surface area contributed by atoms with E-state index in [1.807, 2.05) is 0 Å². The molecule has 41 heavy (non-hydrogen) atoms. The highest BCUT2D eigenvalue weighted by atomic mass is 15.1. The van der Waals surface area contributed by atoms with Crippen LogP contribution >= 0.6 is 0 Å². The highest BCUT2D eigenvalue weighted by Gasteiger charge is 2.42. The lowest BCUT2D eigenvalue weighted by Crippen LogP contribution is -2.55. The van der Waals surface area contributed by atoms with Crippen molar-refractivity contribution in [1.29, 1.82) is 0 Å². The molecular weight excluding hydrogens is 497 g/mol. The van der Waals surface area contributed by atoms with Gasteiger partial charge in [0, 0.05) is 33.0 Å². The maximum absolute atomic E-state index is 5.56. The van der Waals surface area contributed by atoms with E-state index in [2.05, 4.69) is 132 Å². The average molecular weight is 521 g/mol. The molecule has 8 aromatic rings. The highest BCUT2D eigenvalue weighted by molar-refractivity contribution is 6.89. The maximum Gasteiger partial charge on any atom is 0.334 e. The Hall–Kier alpha value is -5.09. The van der Waals surface area contributed by atoms with Crippen molar-refractivity contribution in [2.45, 2.75) is 13.8 Å². The second-order valence-electron chi connectivity index (χ2n) is 11.7. The number of hydrogen-bond acceptors (Lipinski definition) is 1. The highest BCUT2D eigenvalue weighted by Crippen LogP contribution is 2.44. The van der Waals surface area contributed by atoms with Gasteiger partial charge in [-0.3, -0.25) is 0 Å².